The van der Waals surface area contributed by atoms with Crippen molar-refractivity contribution in [3.63, 3.8) is 0 Å². The van der Waals surface area contributed by atoms with Crippen molar-refractivity contribution < 1.29 is 4.84 Å². The van der Waals surface area contributed by atoms with Crippen LogP contribution in [0, 0.1) is 25.2 Å². The van der Waals surface area contributed by atoms with E-state index >= 15 is 0 Å². The van der Waals surface area contributed by atoms with Crippen LogP contribution in [0.1, 0.15) is 28.1 Å². The highest BCUT2D eigenvalue weighted by molar-refractivity contribution is 5.81. The Labute approximate surface area is 146 Å². The van der Waals surface area contributed by atoms with Crippen LogP contribution in [-0.2, 0) is 11.4 Å². The lowest BCUT2D eigenvalue weighted by molar-refractivity contribution is 0.132. The number of aryl methyl sites for hydroxylation is 1. The van der Waals surface area contributed by atoms with Crippen LogP contribution >= 0.6 is 0 Å². The van der Waals surface area contributed by atoms with Gasteiger partial charge in [-0.1, -0.05) is 23.4 Å². The number of nitriles is 1. The Morgan fingerprint density at radius 2 is 2.08 bits per heavy atom. The molecule has 0 N–H and O–H groups in total. The van der Waals surface area contributed by atoms with Crippen molar-refractivity contribution in [2.45, 2.75) is 20.5 Å². The van der Waals surface area contributed by atoms with E-state index in [0.717, 1.165) is 28.2 Å². The number of oxime groups is 1. The fraction of sp³-hybridized carbons (Fsp3) is 0.150. The largest absolute Gasteiger partial charge is 0.391 e. The minimum absolute atomic E-state index is 0.265. The second kappa shape index (κ2) is 7.45. The van der Waals surface area contributed by atoms with Gasteiger partial charge in [0.05, 0.1) is 29.7 Å². The van der Waals surface area contributed by atoms with Crippen LogP contribution in [0.25, 0.3) is 5.69 Å². The highest BCUT2D eigenvalue weighted by atomic mass is 16.6. The monoisotopic (exact) mass is 330 g/mol. The summed E-state index contributed by atoms with van der Waals surface area (Å²) in [5.74, 6) is 0. The van der Waals surface area contributed by atoms with Gasteiger partial charge in [0.2, 0.25) is 0 Å². The molecular weight excluding hydrogens is 312 g/mol. The van der Waals surface area contributed by atoms with Gasteiger partial charge in [-0.2, -0.15) is 5.26 Å². The molecule has 0 atom stereocenters. The summed E-state index contributed by atoms with van der Waals surface area (Å²) in [6.07, 6.45) is 5.29. The first-order chi connectivity index (χ1) is 12.2. The van der Waals surface area contributed by atoms with Crippen LogP contribution in [0.5, 0.6) is 0 Å². The first-order valence-corrected chi connectivity index (χ1v) is 7.93. The molecule has 2 heterocycles. The maximum absolute atomic E-state index is 9.08. The molecule has 3 rings (SSSR count). The second-order valence-corrected chi connectivity index (χ2v) is 5.65. The lowest BCUT2D eigenvalue weighted by atomic mass is 10.1. The summed E-state index contributed by atoms with van der Waals surface area (Å²) in [5.41, 5.74) is 5.59. The first-order valence-electron chi connectivity index (χ1n) is 7.93. The molecule has 5 heteroatoms. The molecule has 0 saturated carbocycles. The van der Waals surface area contributed by atoms with Gasteiger partial charge in [0.15, 0.2) is 0 Å². The molecule has 1 aromatic carbocycles. The van der Waals surface area contributed by atoms with Crippen molar-refractivity contribution in [3.05, 3.63) is 82.9 Å². The fourth-order valence-corrected chi connectivity index (χ4v) is 2.76. The predicted octanol–water partition coefficient (Wildman–Crippen LogP) is 3.91. The molecule has 0 radical (unpaired) electrons. The standard InChI is InChI=1S/C20H18N4O/c1-15-10-19(16(2)24(15)20-8-5-9-22-13-20)12-23-25-14-18-7-4-3-6-17(18)11-21/h3-10,12-13H,14H2,1-2H3/b23-12-. The summed E-state index contributed by atoms with van der Waals surface area (Å²) in [6.45, 7) is 4.34. The molecule has 0 aliphatic carbocycles. The molecule has 0 saturated heterocycles. The highest BCUT2D eigenvalue weighted by Crippen LogP contribution is 2.19. The molecule has 3 aromatic rings. The third-order valence-electron chi connectivity index (χ3n) is 4.00. The minimum atomic E-state index is 0.265. The van der Waals surface area contributed by atoms with Crippen LogP contribution in [0.15, 0.2) is 60.0 Å². The van der Waals surface area contributed by atoms with E-state index in [2.05, 4.69) is 26.8 Å². The lowest BCUT2D eigenvalue weighted by Crippen LogP contribution is -1.99. The zero-order chi connectivity index (χ0) is 17.6. The Balaban J connectivity index is 1.74. The zero-order valence-electron chi connectivity index (χ0n) is 14.2. The van der Waals surface area contributed by atoms with Gasteiger partial charge in [0.1, 0.15) is 6.61 Å². The Bertz CT molecular complexity index is 936. The van der Waals surface area contributed by atoms with Gasteiger partial charge in [-0.05, 0) is 38.1 Å². The van der Waals surface area contributed by atoms with Crippen LogP contribution < -0.4 is 0 Å². The first kappa shape index (κ1) is 16.5. The van der Waals surface area contributed by atoms with Crippen molar-refractivity contribution in [3.8, 4) is 11.8 Å². The summed E-state index contributed by atoms with van der Waals surface area (Å²) >= 11 is 0. The number of aromatic nitrogens is 2. The van der Waals surface area contributed by atoms with Gasteiger partial charge in [-0.3, -0.25) is 4.98 Å². The summed E-state index contributed by atoms with van der Waals surface area (Å²) in [7, 11) is 0. The summed E-state index contributed by atoms with van der Waals surface area (Å²) in [5, 5.41) is 13.1. The second-order valence-electron chi connectivity index (χ2n) is 5.65. The van der Waals surface area contributed by atoms with E-state index in [1.165, 1.54) is 0 Å². The molecular formula is C20H18N4O. The fourth-order valence-electron chi connectivity index (χ4n) is 2.76. The summed E-state index contributed by atoms with van der Waals surface area (Å²) < 4.78 is 2.12. The summed E-state index contributed by atoms with van der Waals surface area (Å²) in [4.78, 5) is 9.55. The average Bonchev–Trinajstić information content (AvgIpc) is 2.93. The average molecular weight is 330 g/mol. The highest BCUT2D eigenvalue weighted by Gasteiger charge is 2.09. The maximum atomic E-state index is 9.08. The molecule has 25 heavy (non-hydrogen) atoms. The van der Waals surface area contributed by atoms with E-state index in [1.54, 1.807) is 18.5 Å². The number of pyridine rings is 1. The van der Waals surface area contributed by atoms with E-state index < -0.39 is 0 Å². The van der Waals surface area contributed by atoms with Gasteiger partial charge in [-0.25, -0.2) is 0 Å². The molecule has 0 aliphatic heterocycles. The van der Waals surface area contributed by atoms with E-state index in [0.29, 0.717) is 5.56 Å². The minimum Gasteiger partial charge on any atom is -0.391 e. The van der Waals surface area contributed by atoms with Crippen molar-refractivity contribution in [2.75, 3.05) is 0 Å². The Hall–Kier alpha value is -3.39. The van der Waals surface area contributed by atoms with Gasteiger partial charge in [0, 0.05) is 28.7 Å². The Kier molecular flexibility index (Phi) is 4.91. The zero-order valence-corrected chi connectivity index (χ0v) is 14.2. The van der Waals surface area contributed by atoms with Crippen molar-refractivity contribution in [2.24, 2.45) is 5.16 Å². The van der Waals surface area contributed by atoms with Crippen LogP contribution in [0.3, 0.4) is 0 Å². The molecule has 0 amide bonds. The van der Waals surface area contributed by atoms with Crippen LogP contribution in [-0.4, -0.2) is 15.8 Å². The molecule has 0 bridgehead atoms. The van der Waals surface area contributed by atoms with E-state index in [-0.39, 0.29) is 6.61 Å². The van der Waals surface area contributed by atoms with E-state index in [9.17, 15) is 0 Å². The number of hydrogen-bond donors (Lipinski definition) is 0. The van der Waals surface area contributed by atoms with Gasteiger partial charge in [-0.15, -0.1) is 0 Å². The molecule has 0 unspecified atom stereocenters. The van der Waals surface area contributed by atoms with Crippen LogP contribution in [0.4, 0.5) is 0 Å². The molecule has 0 aliphatic rings. The van der Waals surface area contributed by atoms with Gasteiger partial charge >= 0.3 is 0 Å². The van der Waals surface area contributed by atoms with Crippen molar-refractivity contribution >= 4 is 6.21 Å². The molecule has 5 nitrogen and oxygen atoms in total. The topological polar surface area (TPSA) is 63.2 Å². The van der Waals surface area contributed by atoms with Crippen LogP contribution in [0.2, 0.25) is 0 Å². The number of benzene rings is 1. The summed E-state index contributed by atoms with van der Waals surface area (Å²) in [6, 6.07) is 15.5. The number of hydrogen-bond acceptors (Lipinski definition) is 4. The van der Waals surface area contributed by atoms with E-state index in [1.807, 2.05) is 50.4 Å². The quantitative estimate of drug-likeness (QED) is 0.526. The third kappa shape index (κ3) is 3.59. The molecule has 2 aromatic heterocycles. The normalized spacial score (nSPS) is 10.8. The molecule has 124 valence electrons. The number of rotatable bonds is 5. The van der Waals surface area contributed by atoms with Crippen molar-refractivity contribution in [1.82, 2.24) is 9.55 Å². The molecule has 0 fully saturated rings. The van der Waals surface area contributed by atoms with E-state index in [4.69, 9.17) is 10.1 Å². The van der Waals surface area contributed by atoms with Gasteiger partial charge < -0.3 is 9.40 Å². The van der Waals surface area contributed by atoms with Gasteiger partial charge in [0.25, 0.3) is 0 Å². The van der Waals surface area contributed by atoms with Crippen molar-refractivity contribution in [1.29, 1.82) is 5.26 Å². The Morgan fingerprint density at radius 3 is 2.84 bits per heavy atom. The number of nitrogens with zero attached hydrogens (tertiary/aromatic N) is 4. The third-order valence-corrected chi connectivity index (χ3v) is 4.00. The predicted molar refractivity (Wildman–Crippen MR) is 96.6 cm³/mol. The molecule has 0 spiro atoms. The lowest BCUT2D eigenvalue weighted by Gasteiger charge is -2.08. The Morgan fingerprint density at radius 1 is 1.24 bits per heavy atom. The maximum Gasteiger partial charge on any atom is 0.143 e. The SMILES string of the molecule is Cc1cc(/C=N\OCc2ccccc2C#N)c(C)n1-c1cccnc1. The smallest absolute Gasteiger partial charge is 0.143 e.